The summed E-state index contributed by atoms with van der Waals surface area (Å²) >= 11 is 0. The van der Waals surface area contributed by atoms with E-state index >= 15 is 0 Å². The zero-order valence-corrected chi connectivity index (χ0v) is 12.9. The van der Waals surface area contributed by atoms with Crippen LogP contribution in [0, 0.1) is 6.92 Å². The van der Waals surface area contributed by atoms with Crippen LogP contribution in [0.3, 0.4) is 0 Å². The molecule has 0 spiro atoms. The number of carbonyl (C=O) groups excluding carboxylic acids is 1. The van der Waals surface area contributed by atoms with E-state index in [0.29, 0.717) is 0 Å². The predicted molar refractivity (Wildman–Crippen MR) is 78.7 cm³/mol. The van der Waals surface area contributed by atoms with E-state index in [2.05, 4.69) is 10.3 Å². The van der Waals surface area contributed by atoms with Crippen molar-refractivity contribution in [1.82, 2.24) is 14.9 Å². The highest BCUT2D eigenvalue weighted by Crippen LogP contribution is 2.33. The van der Waals surface area contributed by atoms with Crippen LogP contribution >= 0.6 is 0 Å². The maximum atomic E-state index is 13.2. The predicted octanol–water partition coefficient (Wildman–Crippen LogP) is 2.14. The molecule has 0 unspecified atom stereocenters. The Bertz CT molecular complexity index is 815. The Morgan fingerprint density at radius 1 is 1.43 bits per heavy atom. The molecule has 1 aliphatic rings. The number of aromatic nitrogens is 2. The Hall–Kier alpha value is -2.25. The molecule has 1 saturated carbocycles. The lowest BCUT2D eigenvalue weighted by atomic mass is 9.92. The summed E-state index contributed by atoms with van der Waals surface area (Å²) in [6, 6.07) is -0.327. The van der Waals surface area contributed by atoms with Gasteiger partial charge in [-0.1, -0.05) is 0 Å². The molecule has 0 radical (unpaired) electrons. The molecule has 124 valence electrons. The first-order valence-corrected chi connectivity index (χ1v) is 7.42. The highest BCUT2D eigenvalue weighted by molar-refractivity contribution is 6.06. The fourth-order valence-electron chi connectivity index (χ4n) is 2.90. The van der Waals surface area contributed by atoms with Crippen molar-refractivity contribution >= 4 is 17.0 Å². The zero-order valence-electron chi connectivity index (χ0n) is 12.9. The zero-order chi connectivity index (χ0) is 16.8. The summed E-state index contributed by atoms with van der Waals surface area (Å²) in [5.74, 6) is -2.85. The molecule has 0 aromatic carbocycles. The highest BCUT2D eigenvalue weighted by atomic mass is 19.3. The molecule has 2 aromatic rings. The number of carbonyl (C=O) groups is 1. The molecule has 8 heteroatoms. The van der Waals surface area contributed by atoms with Gasteiger partial charge in [0.05, 0.1) is 5.56 Å². The topological polar surface area (TPSA) is 77.1 Å². The number of hydrogen-bond acceptors (Lipinski definition) is 4. The van der Waals surface area contributed by atoms with E-state index < -0.39 is 11.8 Å². The van der Waals surface area contributed by atoms with Gasteiger partial charge in [-0.2, -0.15) is 0 Å². The van der Waals surface area contributed by atoms with Crippen LogP contribution in [0.5, 0.6) is 0 Å². The van der Waals surface area contributed by atoms with Crippen molar-refractivity contribution in [1.29, 1.82) is 0 Å². The molecule has 6 nitrogen and oxygen atoms in total. The van der Waals surface area contributed by atoms with Gasteiger partial charge in [0.1, 0.15) is 17.5 Å². The molecule has 23 heavy (non-hydrogen) atoms. The van der Waals surface area contributed by atoms with Crippen LogP contribution in [0.2, 0.25) is 0 Å². The van der Waals surface area contributed by atoms with E-state index in [9.17, 15) is 18.4 Å². The van der Waals surface area contributed by atoms with Crippen LogP contribution in [0.1, 0.15) is 41.8 Å². The van der Waals surface area contributed by atoms with Crippen molar-refractivity contribution in [2.75, 3.05) is 0 Å². The minimum atomic E-state index is -2.65. The summed E-state index contributed by atoms with van der Waals surface area (Å²) in [6.07, 6.45) is 1.25. The maximum absolute atomic E-state index is 13.2. The summed E-state index contributed by atoms with van der Waals surface area (Å²) in [5, 5.41) is 2.85. The van der Waals surface area contributed by atoms with Crippen LogP contribution in [-0.2, 0) is 7.05 Å². The number of fused-ring (bicyclic) bond motifs is 1. The van der Waals surface area contributed by atoms with Gasteiger partial charge in [-0.15, -0.1) is 0 Å². The Balaban J connectivity index is 1.89. The highest BCUT2D eigenvalue weighted by Gasteiger charge is 2.36. The van der Waals surface area contributed by atoms with Gasteiger partial charge < -0.3 is 14.3 Å². The minimum absolute atomic E-state index is 0.103. The van der Waals surface area contributed by atoms with Crippen molar-refractivity contribution in [3.8, 4) is 0 Å². The van der Waals surface area contributed by atoms with Crippen LogP contribution in [-0.4, -0.2) is 27.4 Å². The Kier molecular flexibility index (Phi) is 3.69. The van der Waals surface area contributed by atoms with Crippen molar-refractivity contribution in [3.05, 3.63) is 28.0 Å². The molecule has 2 heterocycles. The molecule has 0 atom stereocenters. The van der Waals surface area contributed by atoms with Gasteiger partial charge in [-0.25, -0.2) is 13.8 Å². The van der Waals surface area contributed by atoms with Gasteiger partial charge in [-0.05, 0) is 19.8 Å². The Morgan fingerprint density at radius 3 is 2.74 bits per heavy atom. The Morgan fingerprint density at radius 2 is 2.09 bits per heavy atom. The monoisotopic (exact) mass is 325 g/mol. The number of aryl methyl sites for hydroxylation is 2. The van der Waals surface area contributed by atoms with Crippen LogP contribution in [0.4, 0.5) is 8.78 Å². The van der Waals surface area contributed by atoms with Crippen molar-refractivity contribution in [2.45, 2.75) is 44.6 Å². The van der Waals surface area contributed by atoms with Crippen LogP contribution < -0.4 is 10.9 Å². The standard InChI is InChI=1S/C15H17F2N3O3/c1-8-10(11-13(23-8)18-7-20(2)14(11)22)12(21)19-9-3-5-15(16,17)6-4-9/h7,9H,3-6H2,1-2H3,(H,19,21). The number of furan rings is 1. The number of alkyl halides is 2. The van der Waals surface area contributed by atoms with Gasteiger partial charge >= 0.3 is 0 Å². The summed E-state index contributed by atoms with van der Waals surface area (Å²) in [7, 11) is 1.53. The summed E-state index contributed by atoms with van der Waals surface area (Å²) in [5.41, 5.74) is -0.149. The van der Waals surface area contributed by atoms with Gasteiger partial charge in [0.25, 0.3) is 11.5 Å². The molecule has 2 aromatic heterocycles. The first-order chi connectivity index (χ1) is 10.8. The third kappa shape index (κ3) is 2.85. The molecule has 1 aliphatic carbocycles. The molecule has 3 rings (SSSR count). The van der Waals surface area contributed by atoms with Crippen LogP contribution in [0.25, 0.3) is 11.1 Å². The third-order valence-corrected chi connectivity index (χ3v) is 4.23. The third-order valence-electron chi connectivity index (χ3n) is 4.23. The fourth-order valence-corrected chi connectivity index (χ4v) is 2.90. The largest absolute Gasteiger partial charge is 0.442 e. The smallest absolute Gasteiger partial charge is 0.265 e. The van der Waals surface area contributed by atoms with Gasteiger partial charge in [0.15, 0.2) is 0 Å². The van der Waals surface area contributed by atoms with E-state index in [4.69, 9.17) is 4.42 Å². The van der Waals surface area contributed by atoms with Gasteiger partial charge in [0.2, 0.25) is 11.6 Å². The van der Waals surface area contributed by atoms with E-state index in [-0.39, 0.29) is 59.7 Å². The summed E-state index contributed by atoms with van der Waals surface area (Å²) in [4.78, 5) is 28.7. The van der Waals surface area contributed by atoms with E-state index in [1.165, 1.54) is 17.9 Å². The lowest BCUT2D eigenvalue weighted by Crippen LogP contribution is -2.40. The SMILES string of the molecule is Cc1oc2ncn(C)c(=O)c2c1C(=O)NC1CCC(F)(F)CC1. The summed E-state index contributed by atoms with van der Waals surface area (Å²) < 4.78 is 33.0. The minimum Gasteiger partial charge on any atom is -0.442 e. The number of nitrogens with zero attached hydrogens (tertiary/aromatic N) is 2. The normalized spacial score (nSPS) is 18.3. The number of amides is 1. The fraction of sp³-hybridized carbons (Fsp3) is 0.533. The number of nitrogens with one attached hydrogen (secondary N) is 1. The molecular weight excluding hydrogens is 308 g/mol. The molecule has 0 aliphatic heterocycles. The Labute approximate surface area is 130 Å². The average Bonchev–Trinajstić information content (AvgIpc) is 2.82. The number of rotatable bonds is 2. The van der Waals surface area contributed by atoms with Gasteiger partial charge in [0, 0.05) is 25.9 Å². The average molecular weight is 325 g/mol. The van der Waals surface area contributed by atoms with Gasteiger partial charge in [-0.3, -0.25) is 9.59 Å². The van der Waals surface area contributed by atoms with Crippen molar-refractivity contribution < 1.29 is 18.0 Å². The second-order valence-corrected chi connectivity index (χ2v) is 5.98. The molecule has 0 bridgehead atoms. The van der Waals surface area contributed by atoms with Crippen LogP contribution in [0.15, 0.2) is 15.5 Å². The summed E-state index contributed by atoms with van der Waals surface area (Å²) in [6.45, 7) is 1.57. The van der Waals surface area contributed by atoms with E-state index in [1.54, 1.807) is 6.92 Å². The lowest BCUT2D eigenvalue weighted by molar-refractivity contribution is -0.0399. The maximum Gasteiger partial charge on any atom is 0.265 e. The van der Waals surface area contributed by atoms with E-state index in [0.717, 1.165) is 0 Å². The number of halogens is 2. The first-order valence-electron chi connectivity index (χ1n) is 7.42. The quantitative estimate of drug-likeness (QED) is 0.918. The molecule has 0 saturated heterocycles. The molecule has 1 fully saturated rings. The first kappa shape index (κ1) is 15.6. The van der Waals surface area contributed by atoms with E-state index in [1.807, 2.05) is 0 Å². The second-order valence-electron chi connectivity index (χ2n) is 5.98. The second kappa shape index (κ2) is 5.43. The molecular formula is C15H17F2N3O3. The van der Waals surface area contributed by atoms with Crippen molar-refractivity contribution in [2.24, 2.45) is 7.05 Å². The lowest BCUT2D eigenvalue weighted by Gasteiger charge is -2.28. The molecule has 1 N–H and O–H groups in total. The van der Waals surface area contributed by atoms with Crippen molar-refractivity contribution in [3.63, 3.8) is 0 Å². The molecule has 1 amide bonds. The number of hydrogen-bond donors (Lipinski definition) is 1.